The molecule has 1 aromatic carbocycles. The van der Waals surface area contributed by atoms with Crippen LogP contribution in [-0.4, -0.2) is 50.0 Å². The smallest absolute Gasteiger partial charge is 0.323 e. The van der Waals surface area contributed by atoms with Crippen LogP contribution in [0.1, 0.15) is 30.6 Å². The Morgan fingerprint density at radius 3 is 2.71 bits per heavy atom. The zero-order chi connectivity index (χ0) is 15.4. The second-order valence-corrected chi connectivity index (χ2v) is 4.73. The summed E-state index contributed by atoms with van der Waals surface area (Å²) in [6.07, 6.45) is 0.702. The van der Waals surface area contributed by atoms with E-state index in [0.29, 0.717) is 30.6 Å². The molecular weight excluding hydrogens is 272 g/mol. The van der Waals surface area contributed by atoms with Gasteiger partial charge >= 0.3 is 5.97 Å². The molecule has 0 atom stereocenters. The first-order valence-corrected chi connectivity index (χ1v) is 6.91. The fourth-order valence-electron chi connectivity index (χ4n) is 2.21. The molecule has 1 amide bonds. The monoisotopic (exact) mass is 290 g/mol. The van der Waals surface area contributed by atoms with Crippen molar-refractivity contribution in [3.63, 3.8) is 0 Å². The average Bonchev–Trinajstić information content (AvgIpc) is 2.87. The number of carboxylic acids is 1. The quantitative estimate of drug-likeness (QED) is 0.868. The highest BCUT2D eigenvalue weighted by Gasteiger charge is 2.18. The number of aryl methyl sites for hydroxylation is 1. The number of aromatic nitrogens is 3. The van der Waals surface area contributed by atoms with E-state index in [1.54, 1.807) is 22.9 Å². The van der Waals surface area contributed by atoms with Gasteiger partial charge in [-0.15, -0.1) is 5.10 Å². The molecule has 0 spiro atoms. The molecule has 0 bridgehead atoms. The molecule has 0 aliphatic heterocycles. The van der Waals surface area contributed by atoms with Crippen LogP contribution in [0.5, 0.6) is 0 Å². The van der Waals surface area contributed by atoms with Gasteiger partial charge in [0.15, 0.2) is 0 Å². The van der Waals surface area contributed by atoms with E-state index < -0.39 is 5.97 Å². The molecule has 7 heteroatoms. The van der Waals surface area contributed by atoms with Crippen molar-refractivity contribution in [2.24, 2.45) is 0 Å². The highest BCUT2D eigenvalue weighted by Crippen LogP contribution is 2.15. The van der Waals surface area contributed by atoms with Crippen molar-refractivity contribution >= 4 is 22.9 Å². The molecule has 1 aromatic heterocycles. The number of hydrogen-bond acceptors (Lipinski definition) is 4. The van der Waals surface area contributed by atoms with Gasteiger partial charge in [-0.05, 0) is 31.5 Å². The number of carbonyl (C=O) groups excluding carboxylic acids is 1. The van der Waals surface area contributed by atoms with E-state index in [1.807, 2.05) is 13.8 Å². The molecule has 21 heavy (non-hydrogen) atoms. The van der Waals surface area contributed by atoms with Crippen LogP contribution in [0.4, 0.5) is 0 Å². The van der Waals surface area contributed by atoms with Gasteiger partial charge in [0.1, 0.15) is 12.1 Å². The van der Waals surface area contributed by atoms with Gasteiger partial charge in [0.05, 0.1) is 5.52 Å². The molecule has 0 radical (unpaired) electrons. The van der Waals surface area contributed by atoms with E-state index in [0.717, 1.165) is 5.52 Å². The maximum absolute atomic E-state index is 12.4. The highest BCUT2D eigenvalue weighted by molar-refractivity contribution is 5.98. The first-order valence-electron chi connectivity index (χ1n) is 6.91. The summed E-state index contributed by atoms with van der Waals surface area (Å²) in [4.78, 5) is 24.6. The minimum Gasteiger partial charge on any atom is -0.480 e. The lowest BCUT2D eigenvalue weighted by atomic mass is 10.1. The molecule has 0 saturated heterocycles. The Labute approximate surface area is 122 Å². The molecule has 0 fully saturated rings. The van der Waals surface area contributed by atoms with Gasteiger partial charge in [0.25, 0.3) is 5.91 Å². The van der Waals surface area contributed by atoms with Crippen LogP contribution in [0.25, 0.3) is 11.0 Å². The normalized spacial score (nSPS) is 10.8. The first kappa shape index (κ1) is 15.0. The summed E-state index contributed by atoms with van der Waals surface area (Å²) < 4.78 is 1.74. The summed E-state index contributed by atoms with van der Waals surface area (Å²) in [5.74, 6) is -1.32. The Morgan fingerprint density at radius 2 is 2.10 bits per heavy atom. The van der Waals surface area contributed by atoms with Crippen molar-refractivity contribution in [3.8, 4) is 0 Å². The Morgan fingerprint density at radius 1 is 1.33 bits per heavy atom. The number of nitrogens with zero attached hydrogens (tertiary/aromatic N) is 4. The summed E-state index contributed by atoms with van der Waals surface area (Å²) in [5.41, 5.74) is 1.92. The second-order valence-electron chi connectivity index (χ2n) is 4.73. The standard InChI is InChI=1S/C14H18N4O3/c1-3-7-17(9-13(19)20)14(21)10-5-6-12-11(8-10)15-16-18(12)4-2/h5-6,8H,3-4,7,9H2,1-2H3,(H,19,20). The molecular formula is C14H18N4O3. The van der Waals surface area contributed by atoms with Crippen LogP contribution in [0.2, 0.25) is 0 Å². The SMILES string of the molecule is CCCN(CC(=O)O)C(=O)c1ccc2c(c1)nnn2CC. The Balaban J connectivity index is 2.30. The number of hydrogen-bond donors (Lipinski definition) is 1. The third-order valence-electron chi connectivity index (χ3n) is 3.17. The molecule has 1 heterocycles. The maximum Gasteiger partial charge on any atom is 0.323 e. The van der Waals surface area contributed by atoms with Gasteiger partial charge < -0.3 is 10.0 Å². The number of amides is 1. The summed E-state index contributed by atoms with van der Waals surface area (Å²) in [6.45, 7) is 4.67. The van der Waals surface area contributed by atoms with Crippen molar-refractivity contribution in [3.05, 3.63) is 23.8 Å². The molecule has 2 aromatic rings. The van der Waals surface area contributed by atoms with Crippen molar-refractivity contribution < 1.29 is 14.7 Å². The van der Waals surface area contributed by atoms with Gasteiger partial charge in [0, 0.05) is 18.7 Å². The Hall–Kier alpha value is -2.44. The number of rotatable bonds is 6. The number of aliphatic carboxylic acids is 1. The number of benzene rings is 1. The minimum absolute atomic E-state index is 0.299. The fourth-order valence-corrected chi connectivity index (χ4v) is 2.21. The Kier molecular flexibility index (Phi) is 4.52. The number of carbonyl (C=O) groups is 2. The van der Waals surface area contributed by atoms with Gasteiger partial charge in [0.2, 0.25) is 0 Å². The first-order chi connectivity index (χ1) is 10.1. The molecule has 7 nitrogen and oxygen atoms in total. The van der Waals surface area contributed by atoms with Crippen LogP contribution in [0, 0.1) is 0 Å². The molecule has 0 saturated carbocycles. The topological polar surface area (TPSA) is 88.3 Å². The summed E-state index contributed by atoms with van der Waals surface area (Å²) in [7, 11) is 0. The van der Waals surface area contributed by atoms with E-state index in [-0.39, 0.29) is 12.5 Å². The Bertz CT molecular complexity index is 665. The molecule has 0 aliphatic carbocycles. The zero-order valence-electron chi connectivity index (χ0n) is 12.1. The van der Waals surface area contributed by atoms with E-state index in [4.69, 9.17) is 5.11 Å². The third kappa shape index (κ3) is 3.18. The largest absolute Gasteiger partial charge is 0.480 e. The van der Waals surface area contributed by atoms with Gasteiger partial charge in [-0.1, -0.05) is 12.1 Å². The zero-order valence-corrected chi connectivity index (χ0v) is 12.1. The van der Waals surface area contributed by atoms with E-state index in [9.17, 15) is 9.59 Å². The van der Waals surface area contributed by atoms with Crippen LogP contribution in [0.15, 0.2) is 18.2 Å². The third-order valence-corrected chi connectivity index (χ3v) is 3.17. The molecule has 0 aliphatic rings. The second kappa shape index (κ2) is 6.34. The summed E-state index contributed by atoms with van der Waals surface area (Å²) in [5, 5.41) is 16.9. The highest BCUT2D eigenvalue weighted by atomic mass is 16.4. The lowest BCUT2D eigenvalue weighted by molar-refractivity contribution is -0.137. The fraction of sp³-hybridized carbons (Fsp3) is 0.429. The van der Waals surface area contributed by atoms with Gasteiger partial charge in [-0.2, -0.15) is 0 Å². The van der Waals surface area contributed by atoms with Crippen molar-refractivity contribution in [2.45, 2.75) is 26.8 Å². The maximum atomic E-state index is 12.4. The molecule has 0 unspecified atom stereocenters. The van der Waals surface area contributed by atoms with E-state index in [2.05, 4.69) is 10.3 Å². The van der Waals surface area contributed by atoms with Crippen LogP contribution >= 0.6 is 0 Å². The predicted octanol–water partition coefficient (Wildman–Crippen LogP) is 1.39. The van der Waals surface area contributed by atoms with Crippen LogP contribution in [-0.2, 0) is 11.3 Å². The minimum atomic E-state index is -1.02. The van der Waals surface area contributed by atoms with Crippen LogP contribution in [0.3, 0.4) is 0 Å². The molecule has 2 rings (SSSR count). The summed E-state index contributed by atoms with van der Waals surface area (Å²) >= 11 is 0. The average molecular weight is 290 g/mol. The predicted molar refractivity (Wildman–Crippen MR) is 77.0 cm³/mol. The molecule has 112 valence electrons. The number of carboxylic acid groups (broad SMARTS) is 1. The number of fused-ring (bicyclic) bond motifs is 1. The lowest BCUT2D eigenvalue weighted by Crippen LogP contribution is -2.36. The van der Waals surface area contributed by atoms with Crippen molar-refractivity contribution in [2.75, 3.05) is 13.1 Å². The van der Waals surface area contributed by atoms with E-state index in [1.165, 1.54) is 4.90 Å². The van der Waals surface area contributed by atoms with Gasteiger partial charge in [-0.3, -0.25) is 9.59 Å². The van der Waals surface area contributed by atoms with Crippen LogP contribution < -0.4 is 0 Å². The summed E-state index contributed by atoms with van der Waals surface area (Å²) in [6, 6.07) is 5.13. The lowest BCUT2D eigenvalue weighted by Gasteiger charge is -2.19. The van der Waals surface area contributed by atoms with Crippen molar-refractivity contribution in [1.29, 1.82) is 0 Å². The van der Waals surface area contributed by atoms with Crippen molar-refractivity contribution in [1.82, 2.24) is 19.9 Å². The van der Waals surface area contributed by atoms with E-state index >= 15 is 0 Å². The molecule has 1 N–H and O–H groups in total. The van der Waals surface area contributed by atoms with Gasteiger partial charge in [-0.25, -0.2) is 4.68 Å².